The second kappa shape index (κ2) is 5.46. The van der Waals surface area contributed by atoms with Crippen molar-refractivity contribution in [2.24, 2.45) is 0 Å². The van der Waals surface area contributed by atoms with E-state index in [1.807, 2.05) is 6.07 Å². The van der Waals surface area contributed by atoms with Crippen molar-refractivity contribution in [1.82, 2.24) is 4.90 Å². The Bertz CT molecular complexity index is 513. The minimum atomic E-state index is -0.403. The van der Waals surface area contributed by atoms with Gasteiger partial charge in [-0.15, -0.1) is 0 Å². The molecular formula is C12H12BrN3O2. The van der Waals surface area contributed by atoms with Crippen LogP contribution in [0.25, 0.3) is 0 Å². The molecule has 6 heteroatoms. The van der Waals surface area contributed by atoms with Crippen LogP contribution in [-0.4, -0.2) is 22.4 Å². The van der Waals surface area contributed by atoms with Crippen molar-refractivity contribution in [1.29, 1.82) is 5.26 Å². The van der Waals surface area contributed by atoms with Crippen LogP contribution in [0, 0.1) is 21.4 Å². The van der Waals surface area contributed by atoms with E-state index in [-0.39, 0.29) is 11.7 Å². The van der Waals surface area contributed by atoms with E-state index in [0.717, 1.165) is 24.9 Å². The molecule has 0 N–H and O–H groups in total. The van der Waals surface area contributed by atoms with Gasteiger partial charge in [0.05, 0.1) is 21.5 Å². The Hall–Kier alpha value is -1.45. The second-order valence-electron chi connectivity index (χ2n) is 4.26. The molecule has 1 aromatic carbocycles. The van der Waals surface area contributed by atoms with E-state index >= 15 is 0 Å². The molecule has 18 heavy (non-hydrogen) atoms. The fraction of sp³-hybridized carbons (Fsp3) is 0.417. The Morgan fingerprint density at radius 2 is 2.39 bits per heavy atom. The number of rotatable bonds is 3. The molecule has 0 bridgehead atoms. The molecule has 1 aliphatic rings. The van der Waals surface area contributed by atoms with Gasteiger partial charge < -0.3 is 0 Å². The smallest absolute Gasteiger partial charge is 0.283 e. The summed E-state index contributed by atoms with van der Waals surface area (Å²) in [7, 11) is 0. The molecule has 1 fully saturated rings. The van der Waals surface area contributed by atoms with Gasteiger partial charge in [0.15, 0.2) is 0 Å². The highest BCUT2D eigenvalue weighted by Gasteiger charge is 2.25. The molecule has 5 nitrogen and oxygen atoms in total. The summed E-state index contributed by atoms with van der Waals surface area (Å²) in [6, 6.07) is 7.19. The Morgan fingerprint density at radius 1 is 1.61 bits per heavy atom. The summed E-state index contributed by atoms with van der Waals surface area (Å²) in [5.41, 5.74) is 0.923. The van der Waals surface area contributed by atoms with Crippen molar-refractivity contribution in [3.8, 4) is 6.07 Å². The number of nitro benzene ring substituents is 1. The normalized spacial score (nSPS) is 19.7. The lowest BCUT2D eigenvalue weighted by Gasteiger charge is -2.19. The summed E-state index contributed by atoms with van der Waals surface area (Å²) in [6.07, 6.45) is 1.88. The first-order chi connectivity index (χ1) is 8.63. The molecule has 94 valence electrons. The number of hydrogen-bond donors (Lipinski definition) is 0. The zero-order chi connectivity index (χ0) is 13.1. The Morgan fingerprint density at radius 3 is 3.06 bits per heavy atom. The van der Waals surface area contributed by atoms with E-state index in [4.69, 9.17) is 5.26 Å². The fourth-order valence-corrected chi connectivity index (χ4v) is 2.74. The maximum Gasteiger partial charge on any atom is 0.283 e. The van der Waals surface area contributed by atoms with Crippen LogP contribution in [0.15, 0.2) is 22.7 Å². The lowest BCUT2D eigenvalue weighted by Crippen LogP contribution is -2.27. The van der Waals surface area contributed by atoms with E-state index in [0.29, 0.717) is 11.0 Å². The van der Waals surface area contributed by atoms with Crippen LogP contribution < -0.4 is 0 Å². The number of nitriles is 1. The number of halogens is 1. The number of likely N-dealkylation sites (tertiary alicyclic amines) is 1. The molecule has 2 rings (SSSR count). The molecule has 1 aromatic rings. The zero-order valence-corrected chi connectivity index (χ0v) is 11.3. The molecule has 0 amide bonds. The number of nitro groups is 1. The van der Waals surface area contributed by atoms with Gasteiger partial charge >= 0.3 is 0 Å². The SMILES string of the molecule is N#CC1CCCN1Cc1cccc([N+](=O)[O-])c1Br. The Balaban J connectivity index is 2.22. The second-order valence-corrected chi connectivity index (χ2v) is 5.06. The van der Waals surface area contributed by atoms with Gasteiger partial charge in [0, 0.05) is 12.6 Å². The maximum atomic E-state index is 10.8. The molecule has 0 aliphatic carbocycles. The summed E-state index contributed by atoms with van der Waals surface area (Å²) in [4.78, 5) is 12.5. The third-order valence-corrected chi connectivity index (χ3v) is 4.06. The van der Waals surface area contributed by atoms with Gasteiger partial charge in [-0.2, -0.15) is 5.26 Å². The van der Waals surface area contributed by atoms with Crippen LogP contribution in [-0.2, 0) is 6.54 Å². The molecular weight excluding hydrogens is 298 g/mol. The average Bonchev–Trinajstić information content (AvgIpc) is 2.78. The zero-order valence-electron chi connectivity index (χ0n) is 9.67. The predicted octanol–water partition coefficient (Wildman–Crippen LogP) is 2.85. The van der Waals surface area contributed by atoms with Gasteiger partial charge in [-0.3, -0.25) is 15.0 Å². The fourth-order valence-electron chi connectivity index (χ4n) is 2.21. The van der Waals surface area contributed by atoms with Gasteiger partial charge in [-0.25, -0.2) is 0 Å². The molecule has 0 saturated carbocycles. The Labute approximate surface area is 113 Å². The third-order valence-electron chi connectivity index (χ3n) is 3.14. The summed E-state index contributed by atoms with van der Waals surface area (Å²) in [6.45, 7) is 1.44. The summed E-state index contributed by atoms with van der Waals surface area (Å²) in [5, 5.41) is 19.9. The monoisotopic (exact) mass is 309 g/mol. The first-order valence-corrected chi connectivity index (χ1v) is 6.48. The molecule has 1 aliphatic heterocycles. The van der Waals surface area contributed by atoms with Crippen molar-refractivity contribution in [2.75, 3.05) is 6.54 Å². The van der Waals surface area contributed by atoms with Crippen molar-refractivity contribution in [3.63, 3.8) is 0 Å². The minimum absolute atomic E-state index is 0.0696. The summed E-state index contributed by atoms with van der Waals surface area (Å²) >= 11 is 3.28. The van der Waals surface area contributed by atoms with E-state index in [1.54, 1.807) is 6.07 Å². The van der Waals surface area contributed by atoms with Crippen LogP contribution in [0.1, 0.15) is 18.4 Å². The van der Waals surface area contributed by atoms with Crippen LogP contribution in [0.2, 0.25) is 0 Å². The molecule has 1 atom stereocenters. The quantitative estimate of drug-likeness (QED) is 0.636. The van der Waals surface area contributed by atoms with E-state index in [2.05, 4.69) is 26.9 Å². The molecule has 1 heterocycles. The van der Waals surface area contributed by atoms with Crippen LogP contribution >= 0.6 is 15.9 Å². The predicted molar refractivity (Wildman–Crippen MR) is 69.8 cm³/mol. The molecule has 1 unspecified atom stereocenters. The minimum Gasteiger partial charge on any atom is -0.284 e. The molecule has 1 saturated heterocycles. The standard InChI is InChI=1S/C12H12BrN3O2/c13-12-9(3-1-5-11(12)16(17)18)8-15-6-2-4-10(15)7-14/h1,3,5,10H,2,4,6,8H2. The largest absolute Gasteiger partial charge is 0.284 e. The van der Waals surface area contributed by atoms with Gasteiger partial charge in [0.2, 0.25) is 0 Å². The van der Waals surface area contributed by atoms with Gasteiger partial charge in [-0.05, 0) is 40.9 Å². The first kappa shape index (κ1) is 13.0. The van der Waals surface area contributed by atoms with E-state index in [1.165, 1.54) is 6.07 Å². The average molecular weight is 310 g/mol. The summed E-state index contributed by atoms with van der Waals surface area (Å²) < 4.78 is 0.513. The number of hydrogen-bond acceptors (Lipinski definition) is 4. The molecule has 0 radical (unpaired) electrons. The van der Waals surface area contributed by atoms with Crippen LogP contribution in [0.4, 0.5) is 5.69 Å². The maximum absolute atomic E-state index is 10.8. The Kier molecular flexibility index (Phi) is 3.94. The lowest BCUT2D eigenvalue weighted by atomic mass is 10.1. The molecule has 0 spiro atoms. The van der Waals surface area contributed by atoms with E-state index < -0.39 is 4.92 Å². The van der Waals surface area contributed by atoms with Gasteiger partial charge in [-0.1, -0.05) is 12.1 Å². The van der Waals surface area contributed by atoms with Crippen molar-refractivity contribution in [3.05, 3.63) is 38.3 Å². The highest BCUT2D eigenvalue weighted by atomic mass is 79.9. The first-order valence-electron chi connectivity index (χ1n) is 5.69. The lowest BCUT2D eigenvalue weighted by molar-refractivity contribution is -0.385. The van der Waals surface area contributed by atoms with Gasteiger partial charge in [0.1, 0.15) is 0 Å². The number of nitrogens with zero attached hydrogens (tertiary/aromatic N) is 3. The van der Waals surface area contributed by atoms with Crippen LogP contribution in [0.3, 0.4) is 0 Å². The van der Waals surface area contributed by atoms with Crippen LogP contribution in [0.5, 0.6) is 0 Å². The van der Waals surface area contributed by atoms with Crippen molar-refractivity contribution >= 4 is 21.6 Å². The third kappa shape index (κ3) is 2.52. The highest BCUT2D eigenvalue weighted by Crippen LogP contribution is 2.30. The van der Waals surface area contributed by atoms with Crippen molar-refractivity contribution in [2.45, 2.75) is 25.4 Å². The van der Waals surface area contributed by atoms with E-state index in [9.17, 15) is 10.1 Å². The topological polar surface area (TPSA) is 70.2 Å². The van der Waals surface area contributed by atoms with Crippen molar-refractivity contribution < 1.29 is 4.92 Å². The number of benzene rings is 1. The summed E-state index contributed by atoms with van der Waals surface area (Å²) in [5.74, 6) is 0. The highest BCUT2D eigenvalue weighted by molar-refractivity contribution is 9.10. The molecule has 0 aromatic heterocycles. The van der Waals surface area contributed by atoms with Gasteiger partial charge in [0.25, 0.3) is 5.69 Å².